The molecule has 0 aliphatic rings. The number of carbonyl (C=O) groups excluding carboxylic acids is 3. The van der Waals surface area contributed by atoms with Gasteiger partial charge in [0.05, 0.1) is 7.11 Å². The molecule has 0 radical (unpaired) electrons. The number of ether oxygens (including phenoxy) is 2. The van der Waals surface area contributed by atoms with Crippen LogP contribution in [-0.2, 0) is 20.9 Å². The molecular formula is C21H24N2O5. The SMILES string of the molecule is COc1ccc(C(=O)NCC(=O)O[C@@H](C)C(=O)N(C)Cc2ccccc2)cc1. The Morgan fingerprint density at radius 1 is 1.04 bits per heavy atom. The first-order chi connectivity index (χ1) is 13.4. The fraction of sp³-hybridized carbons (Fsp3) is 0.286. The zero-order valence-electron chi connectivity index (χ0n) is 16.2. The van der Waals surface area contributed by atoms with Gasteiger partial charge in [0.25, 0.3) is 11.8 Å². The molecule has 0 aliphatic heterocycles. The van der Waals surface area contributed by atoms with Crippen LogP contribution in [0.1, 0.15) is 22.8 Å². The second-order valence-corrected chi connectivity index (χ2v) is 6.22. The average molecular weight is 384 g/mol. The summed E-state index contributed by atoms with van der Waals surface area (Å²) < 4.78 is 10.2. The summed E-state index contributed by atoms with van der Waals surface area (Å²) in [6.45, 7) is 1.59. The van der Waals surface area contributed by atoms with E-state index in [1.165, 1.54) is 18.9 Å². The van der Waals surface area contributed by atoms with E-state index in [4.69, 9.17) is 9.47 Å². The largest absolute Gasteiger partial charge is 0.497 e. The van der Waals surface area contributed by atoms with Gasteiger partial charge in [-0.15, -0.1) is 0 Å². The molecule has 2 aromatic rings. The van der Waals surface area contributed by atoms with E-state index in [0.717, 1.165) is 5.56 Å². The number of rotatable bonds is 8. The number of carbonyl (C=O) groups is 3. The van der Waals surface area contributed by atoms with Crippen LogP contribution in [0.3, 0.4) is 0 Å². The van der Waals surface area contributed by atoms with Crippen molar-refractivity contribution in [3.8, 4) is 5.75 Å². The molecule has 0 heterocycles. The van der Waals surface area contributed by atoms with Crippen LogP contribution in [0.25, 0.3) is 0 Å². The van der Waals surface area contributed by atoms with Gasteiger partial charge in [-0.2, -0.15) is 0 Å². The zero-order valence-corrected chi connectivity index (χ0v) is 16.2. The molecule has 0 unspecified atom stereocenters. The molecule has 1 N–H and O–H groups in total. The molecule has 0 fully saturated rings. The maximum absolute atomic E-state index is 12.4. The van der Waals surface area contributed by atoms with Crippen molar-refractivity contribution in [2.75, 3.05) is 20.7 Å². The number of esters is 1. The van der Waals surface area contributed by atoms with E-state index in [-0.39, 0.29) is 12.5 Å². The van der Waals surface area contributed by atoms with Crippen LogP contribution in [0.15, 0.2) is 54.6 Å². The molecule has 2 rings (SSSR count). The Morgan fingerprint density at radius 3 is 2.29 bits per heavy atom. The van der Waals surface area contributed by atoms with Crippen LogP contribution in [-0.4, -0.2) is 49.5 Å². The highest BCUT2D eigenvalue weighted by Crippen LogP contribution is 2.11. The first-order valence-corrected chi connectivity index (χ1v) is 8.81. The molecular weight excluding hydrogens is 360 g/mol. The van der Waals surface area contributed by atoms with E-state index >= 15 is 0 Å². The lowest BCUT2D eigenvalue weighted by molar-refractivity contribution is -0.157. The third-order valence-corrected chi connectivity index (χ3v) is 4.04. The molecule has 0 bridgehead atoms. The minimum absolute atomic E-state index is 0.321. The highest BCUT2D eigenvalue weighted by atomic mass is 16.5. The fourth-order valence-corrected chi connectivity index (χ4v) is 2.53. The van der Waals surface area contributed by atoms with Gasteiger partial charge in [-0.05, 0) is 36.8 Å². The van der Waals surface area contributed by atoms with Crippen molar-refractivity contribution in [1.29, 1.82) is 0 Å². The molecule has 1 atom stereocenters. The van der Waals surface area contributed by atoms with Gasteiger partial charge in [0.2, 0.25) is 0 Å². The van der Waals surface area contributed by atoms with Crippen molar-refractivity contribution in [3.05, 3.63) is 65.7 Å². The summed E-state index contributed by atoms with van der Waals surface area (Å²) >= 11 is 0. The summed E-state index contributed by atoms with van der Waals surface area (Å²) in [5.41, 5.74) is 1.36. The first kappa shape index (κ1) is 21.0. The zero-order chi connectivity index (χ0) is 20.5. The Balaban J connectivity index is 1.79. The maximum Gasteiger partial charge on any atom is 0.326 e. The molecule has 7 nitrogen and oxygen atoms in total. The van der Waals surface area contributed by atoms with Crippen LogP contribution in [0, 0.1) is 0 Å². The van der Waals surface area contributed by atoms with Gasteiger partial charge in [0.1, 0.15) is 12.3 Å². The minimum atomic E-state index is -0.945. The second-order valence-electron chi connectivity index (χ2n) is 6.22. The first-order valence-electron chi connectivity index (χ1n) is 8.81. The van der Waals surface area contributed by atoms with Crippen LogP contribution in [0.2, 0.25) is 0 Å². The van der Waals surface area contributed by atoms with Gasteiger partial charge in [0, 0.05) is 19.2 Å². The lowest BCUT2D eigenvalue weighted by atomic mass is 10.2. The molecule has 0 spiro atoms. The van der Waals surface area contributed by atoms with Gasteiger partial charge in [0.15, 0.2) is 6.10 Å². The number of amides is 2. The number of methoxy groups -OCH3 is 1. The third-order valence-electron chi connectivity index (χ3n) is 4.04. The predicted octanol–water partition coefficient (Wildman–Crippen LogP) is 2.02. The number of likely N-dealkylation sites (N-methyl/N-ethyl adjacent to an activating group) is 1. The fourth-order valence-electron chi connectivity index (χ4n) is 2.53. The molecule has 0 aliphatic carbocycles. The van der Waals surface area contributed by atoms with Gasteiger partial charge in [-0.3, -0.25) is 14.4 Å². The Labute approximate surface area is 164 Å². The summed E-state index contributed by atoms with van der Waals surface area (Å²) in [7, 11) is 3.18. The van der Waals surface area contributed by atoms with Gasteiger partial charge in [-0.1, -0.05) is 30.3 Å². The summed E-state index contributed by atoms with van der Waals surface area (Å²) in [5, 5.41) is 2.47. The molecule has 7 heteroatoms. The number of benzene rings is 2. The predicted molar refractivity (Wildman–Crippen MR) is 104 cm³/mol. The molecule has 0 aromatic heterocycles. The maximum atomic E-state index is 12.4. The van der Waals surface area contributed by atoms with Crippen molar-refractivity contribution in [2.24, 2.45) is 0 Å². The number of nitrogens with zero attached hydrogens (tertiary/aromatic N) is 1. The van der Waals surface area contributed by atoms with Gasteiger partial charge in [-0.25, -0.2) is 0 Å². The Morgan fingerprint density at radius 2 is 1.68 bits per heavy atom. The Kier molecular flexibility index (Phi) is 7.56. The molecule has 0 saturated heterocycles. The topological polar surface area (TPSA) is 84.9 Å². The molecule has 28 heavy (non-hydrogen) atoms. The van der Waals surface area contributed by atoms with E-state index in [2.05, 4.69) is 5.32 Å². The van der Waals surface area contributed by atoms with Crippen molar-refractivity contribution >= 4 is 17.8 Å². The van der Waals surface area contributed by atoms with E-state index in [0.29, 0.717) is 17.9 Å². The number of nitrogens with one attached hydrogen (secondary N) is 1. The quantitative estimate of drug-likeness (QED) is 0.704. The van der Waals surface area contributed by atoms with Gasteiger partial charge >= 0.3 is 5.97 Å². The average Bonchev–Trinajstić information content (AvgIpc) is 2.72. The Hall–Kier alpha value is -3.35. The van der Waals surface area contributed by atoms with Crippen LogP contribution in [0.5, 0.6) is 5.75 Å². The summed E-state index contributed by atoms with van der Waals surface area (Å²) in [6, 6.07) is 16.0. The standard InChI is InChI=1S/C21H24N2O5/c1-15(21(26)23(2)14-16-7-5-4-6-8-16)28-19(24)13-22-20(25)17-9-11-18(27-3)12-10-17/h4-12,15H,13-14H2,1-3H3,(H,22,25)/t15-/m0/s1. The summed E-state index contributed by atoms with van der Waals surface area (Å²) in [5.74, 6) is -0.794. The lowest BCUT2D eigenvalue weighted by Gasteiger charge is -2.21. The second kappa shape index (κ2) is 10.1. The van der Waals surface area contributed by atoms with E-state index in [1.54, 1.807) is 31.3 Å². The number of hydrogen-bond donors (Lipinski definition) is 1. The number of hydrogen-bond acceptors (Lipinski definition) is 5. The highest BCUT2D eigenvalue weighted by molar-refractivity contribution is 5.96. The minimum Gasteiger partial charge on any atom is -0.497 e. The van der Waals surface area contributed by atoms with Crippen molar-refractivity contribution in [2.45, 2.75) is 19.6 Å². The molecule has 2 amide bonds. The summed E-state index contributed by atoms with van der Waals surface area (Å²) in [6.07, 6.45) is -0.945. The summed E-state index contributed by atoms with van der Waals surface area (Å²) in [4.78, 5) is 37.8. The van der Waals surface area contributed by atoms with Crippen molar-refractivity contribution in [1.82, 2.24) is 10.2 Å². The van der Waals surface area contributed by atoms with Crippen LogP contribution >= 0.6 is 0 Å². The monoisotopic (exact) mass is 384 g/mol. The van der Waals surface area contributed by atoms with E-state index in [9.17, 15) is 14.4 Å². The Bertz CT molecular complexity index is 805. The van der Waals surface area contributed by atoms with E-state index in [1.807, 2.05) is 30.3 Å². The van der Waals surface area contributed by atoms with Crippen LogP contribution in [0.4, 0.5) is 0 Å². The van der Waals surface area contributed by atoms with Crippen molar-refractivity contribution < 1.29 is 23.9 Å². The molecule has 2 aromatic carbocycles. The van der Waals surface area contributed by atoms with E-state index < -0.39 is 18.0 Å². The smallest absolute Gasteiger partial charge is 0.326 e. The molecule has 0 saturated carbocycles. The molecule has 148 valence electrons. The highest BCUT2D eigenvalue weighted by Gasteiger charge is 2.22. The third kappa shape index (κ3) is 6.12. The van der Waals surface area contributed by atoms with Gasteiger partial charge < -0.3 is 19.7 Å². The normalized spacial score (nSPS) is 11.2. The lowest BCUT2D eigenvalue weighted by Crippen LogP contribution is -2.39. The van der Waals surface area contributed by atoms with Crippen LogP contribution < -0.4 is 10.1 Å². The van der Waals surface area contributed by atoms with Crippen molar-refractivity contribution in [3.63, 3.8) is 0 Å².